The lowest BCUT2D eigenvalue weighted by Crippen LogP contribution is -2.55. The molecule has 0 atom stereocenters. The van der Waals surface area contributed by atoms with Crippen molar-refractivity contribution in [2.45, 2.75) is 37.6 Å². The second-order valence-electron chi connectivity index (χ2n) is 9.57. The van der Waals surface area contributed by atoms with Crippen molar-refractivity contribution in [3.63, 3.8) is 0 Å². The van der Waals surface area contributed by atoms with Crippen LogP contribution in [0.1, 0.15) is 47.7 Å². The Labute approximate surface area is 195 Å². The summed E-state index contributed by atoms with van der Waals surface area (Å²) in [5, 5.41) is 18.6. The van der Waals surface area contributed by atoms with E-state index in [0.717, 1.165) is 47.9 Å². The van der Waals surface area contributed by atoms with Gasteiger partial charge in [0.15, 0.2) is 0 Å². The quantitative estimate of drug-likeness (QED) is 0.424. The van der Waals surface area contributed by atoms with E-state index in [0.29, 0.717) is 22.6 Å². The summed E-state index contributed by atoms with van der Waals surface area (Å²) in [5.41, 5.74) is 3.49. The molecule has 172 valence electrons. The molecule has 34 heavy (non-hydrogen) atoms. The van der Waals surface area contributed by atoms with E-state index >= 15 is 0 Å². The van der Waals surface area contributed by atoms with Crippen molar-refractivity contribution in [2.24, 2.45) is 5.41 Å². The Morgan fingerprint density at radius 2 is 1.91 bits per heavy atom. The van der Waals surface area contributed by atoms with Crippen LogP contribution >= 0.6 is 0 Å². The van der Waals surface area contributed by atoms with Gasteiger partial charge in [0, 0.05) is 40.2 Å². The van der Waals surface area contributed by atoms with Crippen LogP contribution in [0.3, 0.4) is 0 Å². The van der Waals surface area contributed by atoms with E-state index in [2.05, 4.69) is 25.7 Å². The van der Waals surface area contributed by atoms with Gasteiger partial charge in [-0.2, -0.15) is 10.2 Å². The molecule has 0 aliphatic heterocycles. The molecule has 3 N–H and O–H groups in total. The molecule has 8 nitrogen and oxygen atoms in total. The molecule has 2 aliphatic carbocycles. The number of benzene rings is 2. The molecule has 2 heterocycles. The van der Waals surface area contributed by atoms with Crippen molar-refractivity contribution in [1.29, 1.82) is 0 Å². The van der Waals surface area contributed by atoms with E-state index in [1.807, 2.05) is 36.4 Å². The lowest BCUT2D eigenvalue weighted by atomic mass is 9.49. The number of nitrogens with one attached hydrogen (secondary N) is 3. The van der Waals surface area contributed by atoms with Gasteiger partial charge < -0.3 is 10.1 Å². The fraction of sp³-hybridized carbons (Fsp3) is 0.308. The third-order valence-electron chi connectivity index (χ3n) is 7.44. The van der Waals surface area contributed by atoms with Crippen LogP contribution in [0.4, 0.5) is 0 Å². The lowest BCUT2D eigenvalue weighted by molar-refractivity contribution is -0.0196. The van der Waals surface area contributed by atoms with Gasteiger partial charge in [-0.25, -0.2) is 5.10 Å². The minimum absolute atomic E-state index is 0.0823. The van der Waals surface area contributed by atoms with E-state index < -0.39 is 0 Å². The van der Waals surface area contributed by atoms with Gasteiger partial charge in [0.2, 0.25) is 0 Å². The molecule has 0 unspecified atom stereocenters. The van der Waals surface area contributed by atoms with Gasteiger partial charge in [-0.3, -0.25) is 14.7 Å². The SMILES string of the molecule is COc1cc(C(=O)N[C@H]2CC3(C2)C[C@H](c2n[nH]c(=O)c4ccccc42)C3)ccc1-c1cn[nH]c1. The summed E-state index contributed by atoms with van der Waals surface area (Å²) >= 11 is 0. The number of H-pyrrole nitrogens is 2. The number of ether oxygens (including phenoxy) is 1. The number of fused-ring (bicyclic) bond motifs is 1. The highest BCUT2D eigenvalue weighted by Crippen LogP contribution is 2.62. The number of methoxy groups -OCH3 is 1. The van der Waals surface area contributed by atoms with Crippen LogP contribution in [0.2, 0.25) is 0 Å². The average molecular weight is 456 g/mol. The number of nitrogens with zero attached hydrogens (tertiary/aromatic N) is 2. The second-order valence-corrected chi connectivity index (χ2v) is 9.57. The van der Waals surface area contributed by atoms with E-state index in [9.17, 15) is 9.59 Å². The Morgan fingerprint density at radius 3 is 2.65 bits per heavy atom. The zero-order valence-electron chi connectivity index (χ0n) is 18.8. The molecule has 4 aromatic rings. The number of amides is 1. The summed E-state index contributed by atoms with van der Waals surface area (Å²) in [7, 11) is 1.60. The minimum Gasteiger partial charge on any atom is -0.496 e. The van der Waals surface area contributed by atoms with Gasteiger partial charge in [0.1, 0.15) is 5.75 Å². The first kappa shape index (κ1) is 20.7. The first-order valence-electron chi connectivity index (χ1n) is 11.5. The highest BCUT2D eigenvalue weighted by atomic mass is 16.5. The number of hydrogen-bond donors (Lipinski definition) is 3. The molecule has 1 spiro atoms. The van der Waals surface area contributed by atoms with Gasteiger partial charge in [-0.15, -0.1) is 0 Å². The molecule has 2 aromatic heterocycles. The van der Waals surface area contributed by atoms with Gasteiger partial charge >= 0.3 is 0 Å². The summed E-state index contributed by atoms with van der Waals surface area (Å²) in [6, 6.07) is 13.3. The maximum atomic E-state index is 12.9. The Hall–Kier alpha value is -3.94. The largest absolute Gasteiger partial charge is 0.496 e. The van der Waals surface area contributed by atoms with Gasteiger partial charge in [0.25, 0.3) is 11.5 Å². The highest BCUT2D eigenvalue weighted by Gasteiger charge is 2.54. The molecule has 2 aliphatic rings. The summed E-state index contributed by atoms with van der Waals surface area (Å²) in [6.45, 7) is 0. The monoisotopic (exact) mass is 455 g/mol. The van der Waals surface area contributed by atoms with E-state index in [1.165, 1.54) is 0 Å². The van der Waals surface area contributed by atoms with Crippen LogP contribution in [0.15, 0.2) is 59.7 Å². The molecular formula is C26H25N5O3. The fourth-order valence-corrected chi connectivity index (χ4v) is 5.78. The predicted molar refractivity (Wildman–Crippen MR) is 128 cm³/mol. The van der Waals surface area contributed by atoms with Crippen molar-refractivity contribution in [1.82, 2.24) is 25.7 Å². The standard InChI is InChI=1S/C26H25N5O3/c1-34-22-8-15(6-7-19(22)17-13-27-28-14-17)24(32)29-18-11-26(12-18)9-16(10-26)23-20-4-2-3-5-21(20)25(33)31-30-23/h2-8,13-14,16,18H,9-12H2,1H3,(H,27,28)(H,29,32)(H,31,33)/t16-,18-,26?. The third kappa shape index (κ3) is 3.37. The van der Waals surface area contributed by atoms with E-state index in [1.54, 1.807) is 25.6 Å². The highest BCUT2D eigenvalue weighted by molar-refractivity contribution is 5.96. The second kappa shape index (κ2) is 7.83. The summed E-state index contributed by atoms with van der Waals surface area (Å²) in [6.07, 6.45) is 7.54. The first-order chi connectivity index (χ1) is 16.5. The van der Waals surface area contributed by atoms with Crippen LogP contribution in [-0.4, -0.2) is 39.5 Å². The molecule has 2 saturated carbocycles. The summed E-state index contributed by atoms with van der Waals surface area (Å²) in [5.74, 6) is 0.904. The van der Waals surface area contributed by atoms with Crippen molar-refractivity contribution in [2.75, 3.05) is 7.11 Å². The van der Waals surface area contributed by atoms with Gasteiger partial charge in [-0.1, -0.05) is 18.2 Å². The molecule has 1 amide bonds. The smallest absolute Gasteiger partial charge is 0.272 e. The molecular weight excluding hydrogens is 430 g/mol. The van der Waals surface area contributed by atoms with Crippen LogP contribution in [-0.2, 0) is 0 Å². The Bertz CT molecular complexity index is 1430. The predicted octanol–water partition coefficient (Wildman–Crippen LogP) is 3.78. The molecule has 0 radical (unpaired) electrons. The Morgan fingerprint density at radius 1 is 1.12 bits per heavy atom. The molecule has 0 saturated heterocycles. The fourth-order valence-electron chi connectivity index (χ4n) is 5.78. The number of aromatic nitrogens is 4. The van der Waals surface area contributed by atoms with Crippen LogP contribution in [0.5, 0.6) is 5.75 Å². The maximum Gasteiger partial charge on any atom is 0.272 e. The zero-order chi connectivity index (χ0) is 23.3. The Kier molecular flexibility index (Phi) is 4.76. The van der Waals surface area contributed by atoms with Crippen LogP contribution < -0.4 is 15.6 Å². The zero-order valence-corrected chi connectivity index (χ0v) is 18.8. The molecule has 2 fully saturated rings. The van der Waals surface area contributed by atoms with Crippen molar-refractivity contribution in [3.8, 4) is 16.9 Å². The van der Waals surface area contributed by atoms with Crippen LogP contribution in [0.25, 0.3) is 21.9 Å². The van der Waals surface area contributed by atoms with Gasteiger partial charge in [0.05, 0.1) is 24.4 Å². The average Bonchev–Trinajstić information content (AvgIpc) is 3.35. The van der Waals surface area contributed by atoms with E-state index in [4.69, 9.17) is 4.74 Å². The number of aromatic amines is 2. The van der Waals surface area contributed by atoms with Crippen LogP contribution in [0, 0.1) is 5.41 Å². The Balaban J connectivity index is 1.09. The van der Waals surface area contributed by atoms with Crippen molar-refractivity contribution >= 4 is 16.7 Å². The molecule has 6 rings (SSSR count). The molecule has 0 bridgehead atoms. The third-order valence-corrected chi connectivity index (χ3v) is 7.44. The lowest BCUT2D eigenvalue weighted by Gasteiger charge is -2.57. The minimum atomic E-state index is -0.144. The summed E-state index contributed by atoms with van der Waals surface area (Å²) in [4.78, 5) is 24.9. The van der Waals surface area contributed by atoms with E-state index in [-0.39, 0.29) is 22.9 Å². The maximum absolute atomic E-state index is 12.9. The van der Waals surface area contributed by atoms with Crippen molar-refractivity contribution in [3.05, 3.63) is 76.5 Å². The topological polar surface area (TPSA) is 113 Å². The summed E-state index contributed by atoms with van der Waals surface area (Å²) < 4.78 is 5.51. The number of rotatable bonds is 5. The normalized spacial score (nSPS) is 23.3. The van der Waals surface area contributed by atoms with Gasteiger partial charge in [-0.05, 0) is 55.4 Å². The number of carbonyl (C=O) groups excluding carboxylic acids is 1. The number of carbonyl (C=O) groups is 1. The first-order valence-corrected chi connectivity index (χ1v) is 11.5. The number of hydrogen-bond acceptors (Lipinski definition) is 5. The molecule has 2 aromatic carbocycles. The van der Waals surface area contributed by atoms with Crippen molar-refractivity contribution < 1.29 is 9.53 Å². The molecule has 8 heteroatoms.